The topological polar surface area (TPSA) is 55.8 Å². The van der Waals surface area contributed by atoms with Gasteiger partial charge in [-0.1, -0.05) is 18.6 Å². The van der Waals surface area contributed by atoms with E-state index in [4.69, 9.17) is 9.47 Å². The van der Waals surface area contributed by atoms with Crippen molar-refractivity contribution < 1.29 is 17.9 Å². The molecule has 0 aliphatic carbocycles. The fourth-order valence-corrected chi connectivity index (χ4v) is 5.02. The van der Waals surface area contributed by atoms with Gasteiger partial charge in [-0.3, -0.25) is 0 Å². The van der Waals surface area contributed by atoms with Crippen LogP contribution in [0.1, 0.15) is 37.7 Å². The highest BCUT2D eigenvalue weighted by atomic mass is 32.2. The van der Waals surface area contributed by atoms with Crippen molar-refractivity contribution in [3.8, 4) is 11.5 Å². The summed E-state index contributed by atoms with van der Waals surface area (Å²) in [7, 11) is -1.87. The Bertz CT molecular complexity index is 831. The summed E-state index contributed by atoms with van der Waals surface area (Å²) in [5.74, 6) is 1.69. The summed E-state index contributed by atoms with van der Waals surface area (Å²) in [6.07, 6.45) is 2.89. The molecule has 0 radical (unpaired) electrons. The van der Waals surface area contributed by atoms with E-state index in [1.165, 1.54) is 0 Å². The van der Waals surface area contributed by atoms with Gasteiger partial charge in [0.25, 0.3) is 0 Å². The third-order valence-corrected chi connectivity index (χ3v) is 6.87. The van der Waals surface area contributed by atoms with Gasteiger partial charge in [0.1, 0.15) is 11.5 Å². The molecule has 0 aromatic heterocycles. The Morgan fingerprint density at radius 1 is 1.00 bits per heavy atom. The molecule has 1 heterocycles. The molecule has 3 rings (SSSR count). The lowest BCUT2D eigenvalue weighted by atomic mass is 9.94. The number of rotatable bonds is 6. The number of methoxy groups -OCH3 is 1. The van der Waals surface area contributed by atoms with Gasteiger partial charge in [0, 0.05) is 13.1 Å². The maximum atomic E-state index is 13.2. The van der Waals surface area contributed by atoms with Crippen LogP contribution in [0.2, 0.25) is 0 Å². The molecule has 27 heavy (non-hydrogen) atoms. The van der Waals surface area contributed by atoms with E-state index >= 15 is 0 Å². The van der Waals surface area contributed by atoms with Gasteiger partial charge in [-0.05, 0) is 67.6 Å². The molecule has 6 heteroatoms. The van der Waals surface area contributed by atoms with Gasteiger partial charge in [0.2, 0.25) is 10.0 Å². The third-order valence-electron chi connectivity index (χ3n) is 4.99. The molecule has 0 spiro atoms. The zero-order valence-corrected chi connectivity index (χ0v) is 16.7. The fraction of sp³-hybridized carbons (Fsp3) is 0.429. The maximum absolute atomic E-state index is 13.2. The molecule has 0 saturated carbocycles. The molecule has 1 aliphatic rings. The average molecular weight is 390 g/mol. The first-order valence-electron chi connectivity index (χ1n) is 9.41. The lowest BCUT2D eigenvalue weighted by Crippen LogP contribution is -2.34. The van der Waals surface area contributed by atoms with Gasteiger partial charge in [0.15, 0.2) is 0 Å². The van der Waals surface area contributed by atoms with Gasteiger partial charge in [-0.25, -0.2) is 8.42 Å². The summed E-state index contributed by atoms with van der Waals surface area (Å²) in [6, 6.07) is 14.6. The Hall–Kier alpha value is -2.05. The molecule has 0 amide bonds. The Labute approximate surface area is 162 Å². The summed E-state index contributed by atoms with van der Waals surface area (Å²) in [6.45, 7) is 3.52. The zero-order chi connectivity index (χ0) is 19.3. The highest BCUT2D eigenvalue weighted by Gasteiger charge is 2.29. The summed E-state index contributed by atoms with van der Waals surface area (Å²) < 4.78 is 38.6. The standard InChI is InChI=1S/C21H27NO4S/c1-3-26-20-11-13-21(14-12-20)27(23,24)22-15-5-4-6-18(16-22)17-7-9-19(25-2)10-8-17/h7-14,18H,3-6,15-16H2,1-2H3. The molecule has 5 nitrogen and oxygen atoms in total. The smallest absolute Gasteiger partial charge is 0.243 e. The van der Waals surface area contributed by atoms with Crippen LogP contribution in [0.5, 0.6) is 11.5 Å². The Kier molecular flexibility index (Phi) is 6.39. The van der Waals surface area contributed by atoms with E-state index in [0.29, 0.717) is 30.3 Å². The van der Waals surface area contributed by atoms with Crippen molar-refractivity contribution in [3.63, 3.8) is 0 Å². The van der Waals surface area contributed by atoms with Crippen LogP contribution < -0.4 is 9.47 Å². The van der Waals surface area contributed by atoms with Crippen molar-refractivity contribution in [1.29, 1.82) is 0 Å². The second kappa shape index (κ2) is 8.76. The van der Waals surface area contributed by atoms with Crippen molar-refractivity contribution in [1.82, 2.24) is 4.31 Å². The van der Waals surface area contributed by atoms with Gasteiger partial charge in [0.05, 0.1) is 18.6 Å². The molecule has 1 aliphatic heterocycles. The molecular formula is C21H27NO4S. The number of benzene rings is 2. The number of hydrogen-bond acceptors (Lipinski definition) is 4. The van der Waals surface area contributed by atoms with Crippen LogP contribution in [0, 0.1) is 0 Å². The quantitative estimate of drug-likeness (QED) is 0.748. The first kappa shape index (κ1) is 19.7. The SMILES string of the molecule is CCOc1ccc(S(=O)(=O)N2CCCCC(c3ccc(OC)cc3)C2)cc1. The molecule has 0 bridgehead atoms. The molecule has 2 aromatic rings. The molecule has 1 unspecified atom stereocenters. The van der Waals surface area contributed by atoms with Crippen LogP contribution in [0.15, 0.2) is 53.4 Å². The second-order valence-corrected chi connectivity index (χ2v) is 8.67. The van der Waals surface area contributed by atoms with Crippen LogP contribution in [-0.2, 0) is 10.0 Å². The minimum Gasteiger partial charge on any atom is -0.497 e. The summed E-state index contributed by atoms with van der Waals surface area (Å²) in [4.78, 5) is 0.321. The monoisotopic (exact) mass is 389 g/mol. The first-order valence-corrected chi connectivity index (χ1v) is 10.9. The van der Waals surface area contributed by atoms with Crippen LogP contribution in [0.4, 0.5) is 0 Å². The van der Waals surface area contributed by atoms with E-state index in [2.05, 4.69) is 0 Å². The fourth-order valence-electron chi connectivity index (χ4n) is 3.50. The van der Waals surface area contributed by atoms with Gasteiger partial charge in [-0.2, -0.15) is 4.31 Å². The van der Waals surface area contributed by atoms with Crippen LogP contribution >= 0.6 is 0 Å². The Balaban J connectivity index is 1.80. The summed E-state index contributed by atoms with van der Waals surface area (Å²) in [5.41, 5.74) is 1.16. The van der Waals surface area contributed by atoms with E-state index in [1.54, 1.807) is 35.7 Å². The maximum Gasteiger partial charge on any atom is 0.243 e. The van der Waals surface area contributed by atoms with Crippen molar-refractivity contribution in [2.24, 2.45) is 0 Å². The highest BCUT2D eigenvalue weighted by Crippen LogP contribution is 2.31. The normalized spacial score (nSPS) is 18.7. The number of sulfonamides is 1. The predicted molar refractivity (Wildman–Crippen MR) is 106 cm³/mol. The van der Waals surface area contributed by atoms with Crippen molar-refractivity contribution in [2.75, 3.05) is 26.8 Å². The summed E-state index contributed by atoms with van der Waals surface area (Å²) >= 11 is 0. The predicted octanol–water partition coefficient (Wildman–Crippen LogP) is 4.05. The average Bonchev–Trinajstić information content (AvgIpc) is 2.96. The van der Waals surface area contributed by atoms with E-state index in [1.807, 2.05) is 31.2 Å². The van der Waals surface area contributed by atoms with E-state index in [0.717, 1.165) is 30.6 Å². The van der Waals surface area contributed by atoms with Crippen LogP contribution in [0.25, 0.3) is 0 Å². The van der Waals surface area contributed by atoms with Gasteiger partial charge in [-0.15, -0.1) is 0 Å². The minimum absolute atomic E-state index is 0.191. The van der Waals surface area contributed by atoms with E-state index < -0.39 is 10.0 Å². The molecule has 0 N–H and O–H groups in total. The molecule has 2 aromatic carbocycles. The molecular weight excluding hydrogens is 362 g/mol. The molecule has 1 saturated heterocycles. The van der Waals surface area contributed by atoms with Gasteiger partial charge >= 0.3 is 0 Å². The Morgan fingerprint density at radius 3 is 2.30 bits per heavy atom. The number of hydrogen-bond donors (Lipinski definition) is 0. The number of ether oxygens (including phenoxy) is 2. The van der Waals surface area contributed by atoms with E-state index in [-0.39, 0.29) is 5.92 Å². The molecule has 146 valence electrons. The third kappa shape index (κ3) is 4.62. The minimum atomic E-state index is -3.52. The lowest BCUT2D eigenvalue weighted by Gasteiger charge is -2.24. The van der Waals surface area contributed by atoms with Crippen LogP contribution in [0.3, 0.4) is 0 Å². The first-order chi connectivity index (χ1) is 13.0. The summed E-state index contributed by atoms with van der Waals surface area (Å²) in [5, 5.41) is 0. The van der Waals surface area contributed by atoms with E-state index in [9.17, 15) is 8.42 Å². The highest BCUT2D eigenvalue weighted by molar-refractivity contribution is 7.89. The Morgan fingerprint density at radius 2 is 1.67 bits per heavy atom. The molecule has 1 fully saturated rings. The van der Waals surface area contributed by atoms with Crippen molar-refractivity contribution in [3.05, 3.63) is 54.1 Å². The van der Waals surface area contributed by atoms with Gasteiger partial charge < -0.3 is 9.47 Å². The van der Waals surface area contributed by atoms with Crippen LogP contribution in [-0.4, -0.2) is 39.5 Å². The largest absolute Gasteiger partial charge is 0.497 e. The molecule has 1 atom stereocenters. The van der Waals surface area contributed by atoms with Crippen molar-refractivity contribution in [2.45, 2.75) is 37.0 Å². The number of nitrogens with zero attached hydrogens (tertiary/aromatic N) is 1. The zero-order valence-electron chi connectivity index (χ0n) is 15.9. The lowest BCUT2D eigenvalue weighted by molar-refractivity contribution is 0.340. The second-order valence-electron chi connectivity index (χ2n) is 6.73. The van der Waals surface area contributed by atoms with Crippen molar-refractivity contribution >= 4 is 10.0 Å².